The van der Waals surface area contributed by atoms with Crippen molar-refractivity contribution in [2.75, 3.05) is 18.1 Å². The predicted molar refractivity (Wildman–Crippen MR) is 75.5 cm³/mol. The smallest absolute Gasteiger partial charge is 0.136 e. The highest BCUT2D eigenvalue weighted by molar-refractivity contribution is 5.51. The summed E-state index contributed by atoms with van der Waals surface area (Å²) in [6.45, 7) is 2.89. The quantitative estimate of drug-likeness (QED) is 0.901. The molecule has 0 aromatic carbocycles. The lowest BCUT2D eigenvalue weighted by Crippen LogP contribution is -2.43. The van der Waals surface area contributed by atoms with Gasteiger partial charge in [-0.25, -0.2) is 9.97 Å². The Morgan fingerprint density at radius 1 is 1.16 bits per heavy atom. The van der Waals surface area contributed by atoms with Gasteiger partial charge in [0.1, 0.15) is 11.6 Å². The summed E-state index contributed by atoms with van der Waals surface area (Å²) >= 11 is 0. The molecule has 0 spiro atoms. The van der Waals surface area contributed by atoms with Crippen molar-refractivity contribution in [1.29, 1.82) is 0 Å². The highest BCUT2D eigenvalue weighted by Gasteiger charge is 2.29. The summed E-state index contributed by atoms with van der Waals surface area (Å²) in [4.78, 5) is 11.7. The molecule has 1 saturated carbocycles. The molecule has 104 valence electrons. The van der Waals surface area contributed by atoms with Crippen LogP contribution in [-0.4, -0.2) is 34.3 Å². The molecular weight excluding hydrogens is 238 g/mol. The van der Waals surface area contributed by atoms with Gasteiger partial charge < -0.3 is 10.0 Å². The summed E-state index contributed by atoms with van der Waals surface area (Å²) in [6, 6.07) is 0.576. The topological polar surface area (TPSA) is 49.2 Å². The summed E-state index contributed by atoms with van der Waals surface area (Å²) in [5.41, 5.74) is 2.59. The molecule has 0 aliphatic heterocycles. The molecule has 1 fully saturated rings. The second kappa shape index (κ2) is 5.45. The average molecular weight is 261 g/mol. The Balaban J connectivity index is 1.98. The van der Waals surface area contributed by atoms with Gasteiger partial charge in [-0.15, -0.1) is 0 Å². The van der Waals surface area contributed by atoms with Gasteiger partial charge in [0, 0.05) is 23.8 Å². The number of aliphatic hydroxyl groups is 1. The first-order valence-electron chi connectivity index (χ1n) is 7.53. The minimum absolute atomic E-state index is 0.203. The highest BCUT2D eigenvalue weighted by atomic mass is 16.3. The van der Waals surface area contributed by atoms with Gasteiger partial charge in [0.05, 0.1) is 6.61 Å². The van der Waals surface area contributed by atoms with Gasteiger partial charge in [0.2, 0.25) is 0 Å². The molecule has 2 aliphatic rings. The third kappa shape index (κ3) is 2.46. The SMILES string of the molecule is Cc1nc2c(c(N(CCO)C3CCC3)n1)CCCC2. The molecule has 0 bridgehead atoms. The average Bonchev–Trinajstić information content (AvgIpc) is 2.35. The van der Waals surface area contributed by atoms with Crippen LogP contribution >= 0.6 is 0 Å². The van der Waals surface area contributed by atoms with Gasteiger partial charge in [-0.1, -0.05) is 0 Å². The van der Waals surface area contributed by atoms with Crippen molar-refractivity contribution in [1.82, 2.24) is 9.97 Å². The fraction of sp³-hybridized carbons (Fsp3) is 0.733. The van der Waals surface area contributed by atoms with Crippen LogP contribution in [0.25, 0.3) is 0 Å². The van der Waals surface area contributed by atoms with Gasteiger partial charge in [-0.2, -0.15) is 0 Å². The van der Waals surface area contributed by atoms with E-state index in [1.165, 1.54) is 43.4 Å². The summed E-state index contributed by atoms with van der Waals surface area (Å²) < 4.78 is 0. The van der Waals surface area contributed by atoms with Gasteiger partial charge in [0.25, 0.3) is 0 Å². The summed E-state index contributed by atoms with van der Waals surface area (Å²) in [7, 11) is 0. The number of rotatable bonds is 4. The van der Waals surface area contributed by atoms with E-state index >= 15 is 0 Å². The molecule has 3 rings (SSSR count). The Labute approximate surface area is 114 Å². The van der Waals surface area contributed by atoms with E-state index < -0.39 is 0 Å². The maximum atomic E-state index is 9.35. The predicted octanol–water partition coefficient (Wildman–Crippen LogP) is 2.02. The normalized spacial score (nSPS) is 18.8. The van der Waals surface area contributed by atoms with Gasteiger partial charge in [0.15, 0.2) is 0 Å². The van der Waals surface area contributed by atoms with Crippen LogP contribution in [0.1, 0.15) is 49.2 Å². The molecule has 0 unspecified atom stereocenters. The second-order valence-corrected chi connectivity index (χ2v) is 5.73. The van der Waals surface area contributed by atoms with Crippen LogP contribution in [0.4, 0.5) is 5.82 Å². The minimum Gasteiger partial charge on any atom is -0.395 e. The lowest BCUT2D eigenvalue weighted by Gasteiger charge is -2.39. The molecule has 1 aromatic heterocycles. The van der Waals surface area contributed by atoms with Crippen molar-refractivity contribution in [3.05, 3.63) is 17.1 Å². The molecule has 19 heavy (non-hydrogen) atoms. The van der Waals surface area contributed by atoms with Gasteiger partial charge in [-0.05, 0) is 51.9 Å². The molecule has 1 N–H and O–H groups in total. The lowest BCUT2D eigenvalue weighted by atomic mass is 9.90. The number of nitrogens with zero attached hydrogens (tertiary/aromatic N) is 3. The number of hydrogen-bond acceptors (Lipinski definition) is 4. The number of aromatic nitrogens is 2. The molecule has 2 aliphatic carbocycles. The molecule has 0 saturated heterocycles. The van der Waals surface area contributed by atoms with Crippen molar-refractivity contribution in [2.45, 2.75) is 57.9 Å². The highest BCUT2D eigenvalue weighted by Crippen LogP contribution is 2.33. The Kier molecular flexibility index (Phi) is 3.69. The molecular formula is C15H23N3O. The standard InChI is InChI=1S/C15H23N3O/c1-11-16-14-8-3-2-7-13(14)15(17-11)18(9-10-19)12-5-4-6-12/h12,19H,2-10H2,1H3. The first-order valence-corrected chi connectivity index (χ1v) is 7.53. The zero-order chi connectivity index (χ0) is 13.2. The van der Waals surface area contributed by atoms with Crippen LogP contribution in [0.5, 0.6) is 0 Å². The van der Waals surface area contributed by atoms with Gasteiger partial charge >= 0.3 is 0 Å². The third-order valence-electron chi connectivity index (χ3n) is 4.40. The van der Waals surface area contributed by atoms with Crippen LogP contribution < -0.4 is 4.90 Å². The van der Waals surface area contributed by atoms with E-state index in [-0.39, 0.29) is 6.61 Å². The molecule has 0 radical (unpaired) electrons. The van der Waals surface area contributed by atoms with E-state index in [2.05, 4.69) is 9.88 Å². The van der Waals surface area contributed by atoms with Crippen LogP contribution in [0, 0.1) is 6.92 Å². The van der Waals surface area contributed by atoms with Gasteiger partial charge in [-0.3, -0.25) is 0 Å². The molecule has 4 nitrogen and oxygen atoms in total. The van der Waals surface area contributed by atoms with Crippen LogP contribution in [0.2, 0.25) is 0 Å². The first kappa shape index (κ1) is 12.9. The van der Waals surface area contributed by atoms with Crippen LogP contribution in [0.3, 0.4) is 0 Å². The van der Waals surface area contributed by atoms with Crippen LogP contribution in [0.15, 0.2) is 0 Å². The summed E-state index contributed by atoms with van der Waals surface area (Å²) in [5.74, 6) is 1.99. The zero-order valence-electron chi connectivity index (χ0n) is 11.7. The van der Waals surface area contributed by atoms with Crippen LogP contribution in [-0.2, 0) is 12.8 Å². The van der Waals surface area contributed by atoms with Crippen molar-refractivity contribution < 1.29 is 5.11 Å². The van der Waals surface area contributed by atoms with E-state index in [4.69, 9.17) is 4.98 Å². The van der Waals surface area contributed by atoms with E-state index in [0.717, 1.165) is 24.5 Å². The fourth-order valence-electron chi connectivity index (χ4n) is 3.20. The maximum Gasteiger partial charge on any atom is 0.136 e. The molecule has 1 aromatic rings. The number of anilines is 1. The number of aryl methyl sites for hydroxylation is 2. The van der Waals surface area contributed by atoms with Crippen molar-refractivity contribution in [3.8, 4) is 0 Å². The number of aliphatic hydroxyl groups excluding tert-OH is 1. The maximum absolute atomic E-state index is 9.35. The van der Waals surface area contributed by atoms with E-state index in [9.17, 15) is 5.11 Å². The van der Waals surface area contributed by atoms with E-state index in [1.54, 1.807) is 0 Å². The molecule has 4 heteroatoms. The monoisotopic (exact) mass is 261 g/mol. The Hall–Kier alpha value is -1.16. The second-order valence-electron chi connectivity index (χ2n) is 5.73. The number of fused-ring (bicyclic) bond motifs is 1. The first-order chi connectivity index (χ1) is 9.29. The fourth-order valence-corrected chi connectivity index (χ4v) is 3.20. The molecule has 0 amide bonds. The Morgan fingerprint density at radius 3 is 2.63 bits per heavy atom. The largest absolute Gasteiger partial charge is 0.395 e. The molecule has 1 heterocycles. The van der Waals surface area contributed by atoms with Crippen molar-refractivity contribution >= 4 is 5.82 Å². The summed E-state index contributed by atoms with van der Waals surface area (Å²) in [5, 5.41) is 9.35. The zero-order valence-corrected chi connectivity index (χ0v) is 11.7. The minimum atomic E-state index is 0.203. The van der Waals surface area contributed by atoms with Crippen molar-refractivity contribution in [3.63, 3.8) is 0 Å². The van der Waals surface area contributed by atoms with Crippen molar-refractivity contribution in [2.24, 2.45) is 0 Å². The Morgan fingerprint density at radius 2 is 1.95 bits per heavy atom. The van der Waals surface area contributed by atoms with E-state index in [0.29, 0.717) is 12.6 Å². The van der Waals surface area contributed by atoms with E-state index in [1.807, 2.05) is 6.92 Å². The Bertz CT molecular complexity index is 457. The molecule has 0 atom stereocenters. The number of hydrogen-bond donors (Lipinski definition) is 1. The summed E-state index contributed by atoms with van der Waals surface area (Å²) in [6.07, 6.45) is 8.44. The third-order valence-corrected chi connectivity index (χ3v) is 4.40. The lowest BCUT2D eigenvalue weighted by molar-refractivity contribution is 0.282.